The number of ketones is 1. The molecule has 4 atom stereocenters. The van der Waals surface area contributed by atoms with Crippen molar-refractivity contribution in [2.24, 2.45) is 11.7 Å². The van der Waals surface area contributed by atoms with E-state index in [0.717, 1.165) is 25.7 Å². The average Bonchev–Trinajstić information content (AvgIpc) is 3.02. The van der Waals surface area contributed by atoms with Crippen molar-refractivity contribution in [2.75, 3.05) is 0 Å². The number of hydrogen-bond acceptors (Lipinski definition) is 4. The fraction of sp³-hybridized carbons (Fsp3) is 0.524. The first kappa shape index (κ1) is 20.3. The van der Waals surface area contributed by atoms with E-state index in [4.69, 9.17) is 5.73 Å². The molecule has 26 heavy (non-hydrogen) atoms. The normalized spacial score (nSPS) is 22.3. The molecule has 1 aliphatic carbocycles. The molecule has 142 valence electrons. The second-order valence-corrected chi connectivity index (χ2v) is 7.27. The zero-order chi connectivity index (χ0) is 18.9. The third kappa shape index (κ3) is 7.10. The zero-order valence-corrected chi connectivity index (χ0v) is 15.4. The topological polar surface area (TPSA) is 92.4 Å². The Balaban J connectivity index is 1.91. The predicted octanol–water partition coefficient (Wildman–Crippen LogP) is 2.13. The van der Waals surface area contributed by atoms with E-state index in [2.05, 4.69) is 17.4 Å². The van der Waals surface area contributed by atoms with E-state index in [1.54, 1.807) is 6.92 Å². The van der Waals surface area contributed by atoms with Gasteiger partial charge in [-0.05, 0) is 56.6 Å². The van der Waals surface area contributed by atoms with Crippen molar-refractivity contribution in [1.29, 1.82) is 0 Å². The van der Waals surface area contributed by atoms with Gasteiger partial charge in [-0.25, -0.2) is 0 Å². The van der Waals surface area contributed by atoms with Crippen molar-refractivity contribution >= 4 is 11.7 Å². The second-order valence-electron chi connectivity index (χ2n) is 7.27. The molecule has 1 fully saturated rings. The summed E-state index contributed by atoms with van der Waals surface area (Å²) >= 11 is 0. The molecule has 0 aromatic heterocycles. The maximum absolute atomic E-state index is 12.1. The Morgan fingerprint density at radius 3 is 2.65 bits per heavy atom. The molecule has 1 aliphatic rings. The number of Topliss-reactive ketones (excluding diaryl/α,β-unsaturated/α-hetero) is 1. The summed E-state index contributed by atoms with van der Waals surface area (Å²) in [6.45, 7) is 1.69. The summed E-state index contributed by atoms with van der Waals surface area (Å²) in [4.78, 5) is 24.2. The van der Waals surface area contributed by atoms with Crippen molar-refractivity contribution in [3.05, 3.63) is 48.0 Å². The first-order valence-corrected chi connectivity index (χ1v) is 9.43. The molecule has 0 spiro atoms. The number of carbonyl (C=O) groups is 2. The van der Waals surface area contributed by atoms with Gasteiger partial charge in [-0.1, -0.05) is 36.4 Å². The van der Waals surface area contributed by atoms with E-state index in [1.165, 1.54) is 11.6 Å². The van der Waals surface area contributed by atoms with Gasteiger partial charge in [0.25, 0.3) is 0 Å². The van der Waals surface area contributed by atoms with E-state index in [1.807, 2.05) is 24.3 Å². The van der Waals surface area contributed by atoms with E-state index >= 15 is 0 Å². The van der Waals surface area contributed by atoms with Gasteiger partial charge in [0.2, 0.25) is 5.91 Å². The SMILES string of the molecule is C[C@H](N)C(=O)C[C@H](/C=C/C(=O)N[C@@H]1CC[C@H](O)C1)CCc1ccccc1. The molecular weight excluding hydrogens is 328 g/mol. The van der Waals surface area contributed by atoms with Crippen LogP contribution in [0.4, 0.5) is 0 Å². The molecule has 0 heterocycles. The number of hydrogen-bond donors (Lipinski definition) is 3. The molecule has 1 aromatic rings. The number of carbonyl (C=O) groups excluding carboxylic acids is 2. The Morgan fingerprint density at radius 1 is 1.31 bits per heavy atom. The summed E-state index contributed by atoms with van der Waals surface area (Å²) in [7, 11) is 0. The lowest BCUT2D eigenvalue weighted by molar-refractivity contribution is -0.121. The molecule has 0 bridgehead atoms. The molecule has 1 aromatic carbocycles. The molecule has 0 radical (unpaired) electrons. The zero-order valence-electron chi connectivity index (χ0n) is 15.4. The van der Waals surface area contributed by atoms with Crippen LogP contribution in [-0.4, -0.2) is 35.0 Å². The van der Waals surface area contributed by atoms with Gasteiger partial charge in [-0.2, -0.15) is 0 Å². The third-order valence-electron chi connectivity index (χ3n) is 4.89. The van der Waals surface area contributed by atoms with Crippen molar-refractivity contribution in [3.63, 3.8) is 0 Å². The van der Waals surface area contributed by atoms with Gasteiger partial charge in [0.1, 0.15) is 5.78 Å². The van der Waals surface area contributed by atoms with Crippen molar-refractivity contribution < 1.29 is 14.7 Å². The van der Waals surface area contributed by atoms with Crippen LogP contribution in [0.5, 0.6) is 0 Å². The summed E-state index contributed by atoms with van der Waals surface area (Å²) in [5.74, 6) is -0.178. The van der Waals surface area contributed by atoms with Crippen LogP contribution in [0, 0.1) is 5.92 Å². The van der Waals surface area contributed by atoms with Gasteiger partial charge in [-0.15, -0.1) is 0 Å². The fourth-order valence-electron chi connectivity index (χ4n) is 3.27. The molecule has 0 aliphatic heterocycles. The predicted molar refractivity (Wildman–Crippen MR) is 102 cm³/mol. The van der Waals surface area contributed by atoms with Crippen LogP contribution >= 0.6 is 0 Å². The second kappa shape index (κ2) is 10.2. The number of rotatable bonds is 9. The first-order valence-electron chi connectivity index (χ1n) is 9.43. The van der Waals surface area contributed by atoms with Crippen LogP contribution in [0.15, 0.2) is 42.5 Å². The molecule has 0 saturated heterocycles. The van der Waals surface area contributed by atoms with E-state index in [0.29, 0.717) is 12.8 Å². The highest BCUT2D eigenvalue weighted by molar-refractivity contribution is 5.88. The van der Waals surface area contributed by atoms with Crippen LogP contribution in [0.3, 0.4) is 0 Å². The minimum absolute atomic E-state index is 0.00651. The maximum atomic E-state index is 12.1. The molecule has 1 amide bonds. The van der Waals surface area contributed by atoms with E-state index in [9.17, 15) is 14.7 Å². The van der Waals surface area contributed by atoms with Crippen LogP contribution in [-0.2, 0) is 16.0 Å². The standard InChI is InChI=1S/C21H30N2O3/c1-15(22)20(25)13-17(8-7-16-5-3-2-4-6-16)9-12-21(26)23-18-10-11-19(24)14-18/h2-6,9,12,15,17-19,24H,7-8,10-11,13-14,22H2,1H3,(H,23,26)/b12-9+/t15-,17-,18+,19-/m0/s1. The van der Waals surface area contributed by atoms with Crippen LogP contribution in [0.1, 0.15) is 44.6 Å². The largest absolute Gasteiger partial charge is 0.393 e. The highest BCUT2D eigenvalue weighted by atomic mass is 16.3. The quantitative estimate of drug-likeness (QED) is 0.590. The van der Waals surface area contributed by atoms with Crippen molar-refractivity contribution in [1.82, 2.24) is 5.32 Å². The van der Waals surface area contributed by atoms with Gasteiger partial charge < -0.3 is 16.2 Å². The van der Waals surface area contributed by atoms with Crippen LogP contribution in [0.25, 0.3) is 0 Å². The Bertz CT molecular complexity index is 613. The average molecular weight is 358 g/mol. The number of nitrogens with two attached hydrogens (primary N) is 1. The summed E-state index contributed by atoms with van der Waals surface area (Å²) in [5.41, 5.74) is 6.90. The van der Waals surface area contributed by atoms with Gasteiger partial charge in [-0.3, -0.25) is 9.59 Å². The maximum Gasteiger partial charge on any atom is 0.243 e. The summed E-state index contributed by atoms with van der Waals surface area (Å²) < 4.78 is 0. The number of aryl methyl sites for hydroxylation is 1. The minimum atomic E-state index is -0.489. The lowest BCUT2D eigenvalue weighted by Gasteiger charge is -2.14. The monoisotopic (exact) mass is 358 g/mol. The Morgan fingerprint density at radius 2 is 2.04 bits per heavy atom. The van der Waals surface area contributed by atoms with Gasteiger partial charge in [0, 0.05) is 12.5 Å². The fourth-order valence-corrected chi connectivity index (χ4v) is 3.27. The number of aliphatic hydroxyl groups is 1. The van der Waals surface area contributed by atoms with Gasteiger partial charge in [0.15, 0.2) is 0 Å². The third-order valence-corrected chi connectivity index (χ3v) is 4.89. The van der Waals surface area contributed by atoms with Crippen molar-refractivity contribution in [2.45, 2.75) is 63.6 Å². The lowest BCUT2D eigenvalue weighted by atomic mass is 9.92. The van der Waals surface area contributed by atoms with E-state index < -0.39 is 6.04 Å². The summed E-state index contributed by atoms with van der Waals surface area (Å²) in [6.07, 6.45) is 7.16. The molecule has 4 N–H and O–H groups in total. The number of benzene rings is 1. The lowest BCUT2D eigenvalue weighted by Crippen LogP contribution is -2.32. The molecule has 0 unspecified atom stereocenters. The van der Waals surface area contributed by atoms with Crippen molar-refractivity contribution in [3.8, 4) is 0 Å². The highest BCUT2D eigenvalue weighted by Gasteiger charge is 2.23. The smallest absolute Gasteiger partial charge is 0.243 e. The molecular formula is C21H30N2O3. The van der Waals surface area contributed by atoms with Crippen LogP contribution in [0.2, 0.25) is 0 Å². The van der Waals surface area contributed by atoms with Crippen LogP contribution < -0.4 is 11.1 Å². The Kier molecular flexibility index (Phi) is 8.01. The Hall–Kier alpha value is -1.98. The summed E-state index contributed by atoms with van der Waals surface area (Å²) in [5, 5.41) is 12.5. The molecule has 5 heteroatoms. The minimum Gasteiger partial charge on any atom is -0.393 e. The Labute approximate surface area is 155 Å². The number of amides is 1. The number of allylic oxidation sites excluding steroid dienone is 1. The van der Waals surface area contributed by atoms with Gasteiger partial charge in [0.05, 0.1) is 12.1 Å². The first-order chi connectivity index (χ1) is 12.4. The number of aliphatic hydroxyl groups excluding tert-OH is 1. The molecule has 1 saturated carbocycles. The van der Waals surface area contributed by atoms with Gasteiger partial charge >= 0.3 is 0 Å². The summed E-state index contributed by atoms with van der Waals surface area (Å²) in [6, 6.07) is 9.64. The molecule has 5 nitrogen and oxygen atoms in total. The highest BCUT2D eigenvalue weighted by Crippen LogP contribution is 2.19. The number of nitrogens with one attached hydrogen (secondary N) is 1. The molecule has 2 rings (SSSR count). The van der Waals surface area contributed by atoms with E-state index in [-0.39, 0.29) is 29.8 Å².